The highest BCUT2D eigenvalue weighted by Crippen LogP contribution is 2.27. The minimum absolute atomic E-state index is 0.0378. The predicted octanol–water partition coefficient (Wildman–Crippen LogP) is 2.97. The van der Waals surface area contributed by atoms with Crippen molar-refractivity contribution in [3.05, 3.63) is 29.3 Å². The normalized spacial score (nSPS) is 14.2. The molecule has 1 aromatic rings. The zero-order valence-corrected chi connectivity index (χ0v) is 12.9. The van der Waals surface area contributed by atoms with Gasteiger partial charge in [-0.25, -0.2) is 0 Å². The SMILES string of the molecule is CCOc1ccc(C(C)N)cc1CSCC(C)CO. The highest BCUT2D eigenvalue weighted by Gasteiger charge is 2.09. The standard InChI is InChI=1S/C15H25NO2S/c1-4-18-15-6-5-13(12(3)16)7-14(15)10-19-9-11(2)8-17/h5-7,11-12,17H,4,8-10,16H2,1-3H3. The van der Waals surface area contributed by atoms with Crippen LogP contribution in [0.25, 0.3) is 0 Å². The first-order chi connectivity index (χ1) is 9.08. The summed E-state index contributed by atoms with van der Waals surface area (Å²) >= 11 is 1.82. The molecular formula is C15H25NO2S. The van der Waals surface area contributed by atoms with Crippen LogP contribution in [0.15, 0.2) is 18.2 Å². The van der Waals surface area contributed by atoms with Gasteiger partial charge in [0.1, 0.15) is 5.75 Å². The number of aliphatic hydroxyl groups is 1. The number of hydrogen-bond donors (Lipinski definition) is 2. The van der Waals surface area contributed by atoms with E-state index in [1.165, 1.54) is 5.56 Å². The fourth-order valence-corrected chi connectivity index (χ4v) is 2.79. The quantitative estimate of drug-likeness (QED) is 0.770. The lowest BCUT2D eigenvalue weighted by molar-refractivity contribution is 0.250. The van der Waals surface area contributed by atoms with E-state index in [9.17, 15) is 0 Å². The summed E-state index contributed by atoms with van der Waals surface area (Å²) in [5, 5.41) is 9.03. The molecule has 1 aromatic carbocycles. The minimum Gasteiger partial charge on any atom is -0.494 e. The molecular weight excluding hydrogens is 258 g/mol. The molecule has 4 heteroatoms. The van der Waals surface area contributed by atoms with Crippen LogP contribution >= 0.6 is 11.8 Å². The van der Waals surface area contributed by atoms with Crippen LogP contribution in [-0.2, 0) is 5.75 Å². The molecule has 0 aliphatic rings. The average Bonchev–Trinajstić information content (AvgIpc) is 2.40. The zero-order valence-electron chi connectivity index (χ0n) is 12.1. The summed E-state index contributed by atoms with van der Waals surface area (Å²) < 4.78 is 5.65. The Kier molecular flexibility index (Phi) is 7.28. The predicted molar refractivity (Wildman–Crippen MR) is 82.6 cm³/mol. The Morgan fingerprint density at radius 3 is 2.68 bits per heavy atom. The van der Waals surface area contributed by atoms with Gasteiger partial charge in [-0.1, -0.05) is 13.0 Å². The number of aliphatic hydroxyl groups excluding tert-OH is 1. The van der Waals surface area contributed by atoms with Crippen molar-refractivity contribution in [1.29, 1.82) is 0 Å². The summed E-state index contributed by atoms with van der Waals surface area (Å²) in [5.74, 6) is 3.11. The van der Waals surface area contributed by atoms with Crippen molar-refractivity contribution in [2.24, 2.45) is 11.7 Å². The highest BCUT2D eigenvalue weighted by molar-refractivity contribution is 7.98. The summed E-state index contributed by atoms with van der Waals surface area (Å²) in [5.41, 5.74) is 8.24. The first-order valence-corrected chi connectivity index (χ1v) is 7.93. The Labute approximate surface area is 120 Å². The molecule has 108 valence electrons. The molecule has 0 fully saturated rings. The number of nitrogens with two attached hydrogens (primary N) is 1. The molecule has 3 nitrogen and oxygen atoms in total. The molecule has 0 bridgehead atoms. The molecule has 0 saturated heterocycles. The second-order valence-electron chi connectivity index (χ2n) is 4.89. The number of ether oxygens (including phenoxy) is 1. The second-order valence-corrected chi connectivity index (χ2v) is 5.92. The third-order valence-electron chi connectivity index (χ3n) is 2.88. The molecule has 0 aliphatic carbocycles. The van der Waals surface area contributed by atoms with Gasteiger partial charge in [0, 0.05) is 24.0 Å². The Bertz CT molecular complexity index is 382. The summed E-state index contributed by atoms with van der Waals surface area (Å²) in [6.45, 7) is 6.94. The van der Waals surface area contributed by atoms with Crippen molar-refractivity contribution < 1.29 is 9.84 Å². The van der Waals surface area contributed by atoms with Gasteiger partial charge in [0.25, 0.3) is 0 Å². The molecule has 0 aromatic heterocycles. The van der Waals surface area contributed by atoms with Crippen molar-refractivity contribution >= 4 is 11.8 Å². The molecule has 0 amide bonds. The fraction of sp³-hybridized carbons (Fsp3) is 0.600. The summed E-state index contributed by atoms with van der Waals surface area (Å²) in [4.78, 5) is 0. The molecule has 0 aliphatic heterocycles. The second kappa shape index (κ2) is 8.46. The van der Waals surface area contributed by atoms with E-state index in [2.05, 4.69) is 13.0 Å². The molecule has 19 heavy (non-hydrogen) atoms. The van der Waals surface area contributed by atoms with E-state index in [0.717, 1.165) is 22.8 Å². The summed E-state index contributed by atoms with van der Waals surface area (Å²) in [7, 11) is 0. The lowest BCUT2D eigenvalue weighted by atomic mass is 10.1. The van der Waals surface area contributed by atoms with E-state index in [-0.39, 0.29) is 12.6 Å². The molecule has 0 radical (unpaired) electrons. The molecule has 1 rings (SSSR count). The number of thioether (sulfide) groups is 1. The van der Waals surface area contributed by atoms with Crippen LogP contribution in [0.4, 0.5) is 0 Å². The van der Waals surface area contributed by atoms with Crippen LogP contribution in [0.1, 0.15) is 37.9 Å². The molecule has 0 saturated carbocycles. The largest absolute Gasteiger partial charge is 0.494 e. The first-order valence-electron chi connectivity index (χ1n) is 6.78. The van der Waals surface area contributed by atoms with E-state index >= 15 is 0 Å². The molecule has 0 heterocycles. The van der Waals surface area contributed by atoms with E-state index in [1.807, 2.05) is 37.7 Å². The number of rotatable bonds is 8. The Morgan fingerprint density at radius 2 is 2.11 bits per heavy atom. The summed E-state index contributed by atoms with van der Waals surface area (Å²) in [6, 6.07) is 6.20. The van der Waals surface area contributed by atoms with Crippen LogP contribution in [0.3, 0.4) is 0 Å². The van der Waals surface area contributed by atoms with Crippen LogP contribution in [-0.4, -0.2) is 24.1 Å². The van der Waals surface area contributed by atoms with E-state index in [4.69, 9.17) is 15.6 Å². The van der Waals surface area contributed by atoms with E-state index < -0.39 is 0 Å². The molecule has 0 spiro atoms. The third-order valence-corrected chi connectivity index (χ3v) is 4.20. The lowest BCUT2D eigenvalue weighted by Crippen LogP contribution is -2.07. The van der Waals surface area contributed by atoms with Gasteiger partial charge in [-0.05, 0) is 43.2 Å². The van der Waals surface area contributed by atoms with E-state index in [1.54, 1.807) is 0 Å². The van der Waals surface area contributed by atoms with Crippen molar-refractivity contribution in [2.45, 2.75) is 32.6 Å². The maximum atomic E-state index is 9.03. The first kappa shape index (κ1) is 16.3. The van der Waals surface area contributed by atoms with Crippen molar-refractivity contribution in [3.8, 4) is 5.75 Å². The Hall–Kier alpha value is -0.710. The zero-order chi connectivity index (χ0) is 14.3. The minimum atomic E-state index is 0.0378. The van der Waals surface area contributed by atoms with Crippen LogP contribution in [0.5, 0.6) is 5.75 Å². The van der Waals surface area contributed by atoms with Gasteiger partial charge in [-0.3, -0.25) is 0 Å². The lowest BCUT2D eigenvalue weighted by Gasteiger charge is -2.14. The van der Waals surface area contributed by atoms with Crippen LogP contribution in [0.2, 0.25) is 0 Å². The molecule has 2 unspecified atom stereocenters. The van der Waals surface area contributed by atoms with Crippen LogP contribution in [0, 0.1) is 5.92 Å². The van der Waals surface area contributed by atoms with Gasteiger partial charge in [0.2, 0.25) is 0 Å². The fourth-order valence-electron chi connectivity index (χ4n) is 1.71. The van der Waals surface area contributed by atoms with Gasteiger partial charge in [-0.15, -0.1) is 0 Å². The van der Waals surface area contributed by atoms with Gasteiger partial charge in [-0.2, -0.15) is 11.8 Å². The van der Waals surface area contributed by atoms with Crippen molar-refractivity contribution in [2.75, 3.05) is 19.0 Å². The van der Waals surface area contributed by atoms with Gasteiger partial charge in [0.15, 0.2) is 0 Å². The molecule has 3 N–H and O–H groups in total. The average molecular weight is 283 g/mol. The smallest absolute Gasteiger partial charge is 0.123 e. The number of hydrogen-bond acceptors (Lipinski definition) is 4. The van der Waals surface area contributed by atoms with Crippen LogP contribution < -0.4 is 10.5 Å². The van der Waals surface area contributed by atoms with Crippen molar-refractivity contribution in [3.63, 3.8) is 0 Å². The van der Waals surface area contributed by atoms with Gasteiger partial charge < -0.3 is 15.6 Å². The third kappa shape index (κ3) is 5.43. The maximum absolute atomic E-state index is 9.03. The topological polar surface area (TPSA) is 55.5 Å². The summed E-state index contributed by atoms with van der Waals surface area (Å²) in [6.07, 6.45) is 0. The Morgan fingerprint density at radius 1 is 1.37 bits per heavy atom. The molecule has 2 atom stereocenters. The monoisotopic (exact) mass is 283 g/mol. The van der Waals surface area contributed by atoms with Gasteiger partial charge >= 0.3 is 0 Å². The highest BCUT2D eigenvalue weighted by atomic mass is 32.2. The van der Waals surface area contributed by atoms with Crippen molar-refractivity contribution in [1.82, 2.24) is 0 Å². The van der Waals surface area contributed by atoms with E-state index in [0.29, 0.717) is 12.5 Å². The maximum Gasteiger partial charge on any atom is 0.123 e. The van der Waals surface area contributed by atoms with Gasteiger partial charge in [0.05, 0.1) is 6.61 Å². The Balaban J connectivity index is 2.73. The number of benzene rings is 1.